The maximum atomic E-state index is 12.5. The number of aryl methyl sites for hydroxylation is 1. The summed E-state index contributed by atoms with van der Waals surface area (Å²) in [4.78, 5) is 16.7. The fraction of sp³-hybridized carbons (Fsp3) is 0.316. The Kier molecular flexibility index (Phi) is 4.89. The summed E-state index contributed by atoms with van der Waals surface area (Å²) < 4.78 is 5.32. The van der Waals surface area contributed by atoms with Gasteiger partial charge >= 0.3 is 6.03 Å². The molecule has 126 valence electrons. The van der Waals surface area contributed by atoms with Crippen molar-refractivity contribution in [1.82, 2.24) is 4.90 Å². The van der Waals surface area contributed by atoms with Crippen molar-refractivity contribution < 1.29 is 9.53 Å². The highest BCUT2D eigenvalue weighted by atomic mass is 16.5. The average molecular weight is 325 g/mol. The Labute approximate surface area is 142 Å². The molecule has 0 atom stereocenters. The van der Waals surface area contributed by atoms with E-state index in [1.807, 2.05) is 48.2 Å². The molecule has 0 spiro atoms. The number of nitrogens with zero attached hydrogens (tertiary/aromatic N) is 2. The average Bonchev–Trinajstić information content (AvgIpc) is 2.63. The molecule has 0 radical (unpaired) electrons. The Hall–Kier alpha value is -2.69. The van der Waals surface area contributed by atoms with E-state index in [4.69, 9.17) is 4.74 Å². The minimum absolute atomic E-state index is 0.0772. The van der Waals surface area contributed by atoms with Gasteiger partial charge in [0.05, 0.1) is 12.8 Å². The van der Waals surface area contributed by atoms with Crippen molar-refractivity contribution in [1.29, 1.82) is 0 Å². The summed E-state index contributed by atoms with van der Waals surface area (Å²) in [6, 6.07) is 16.0. The first kappa shape index (κ1) is 16.2. The summed E-state index contributed by atoms with van der Waals surface area (Å²) in [5.74, 6) is 0.678. The van der Waals surface area contributed by atoms with E-state index in [1.54, 1.807) is 7.11 Å². The second kappa shape index (κ2) is 7.25. The van der Waals surface area contributed by atoms with E-state index in [-0.39, 0.29) is 6.03 Å². The normalized spacial score (nSPS) is 14.4. The Morgan fingerprint density at radius 1 is 1.04 bits per heavy atom. The zero-order valence-corrected chi connectivity index (χ0v) is 14.2. The van der Waals surface area contributed by atoms with Crippen LogP contribution >= 0.6 is 0 Å². The number of rotatable bonds is 3. The topological polar surface area (TPSA) is 44.8 Å². The highest BCUT2D eigenvalue weighted by Crippen LogP contribution is 2.25. The van der Waals surface area contributed by atoms with Gasteiger partial charge in [-0.05, 0) is 36.8 Å². The van der Waals surface area contributed by atoms with Crippen LogP contribution in [-0.4, -0.2) is 44.2 Å². The van der Waals surface area contributed by atoms with Crippen LogP contribution in [0.3, 0.4) is 0 Å². The molecule has 1 aliphatic rings. The van der Waals surface area contributed by atoms with Crippen LogP contribution in [0.5, 0.6) is 5.75 Å². The van der Waals surface area contributed by atoms with Gasteiger partial charge < -0.3 is 19.9 Å². The highest BCUT2D eigenvalue weighted by Gasteiger charge is 2.22. The maximum Gasteiger partial charge on any atom is 0.322 e. The quantitative estimate of drug-likeness (QED) is 0.941. The van der Waals surface area contributed by atoms with E-state index >= 15 is 0 Å². The molecule has 1 N–H and O–H groups in total. The Bertz CT molecular complexity index is 695. The first-order valence-corrected chi connectivity index (χ1v) is 8.18. The lowest BCUT2D eigenvalue weighted by Gasteiger charge is -2.36. The summed E-state index contributed by atoms with van der Waals surface area (Å²) in [6.45, 7) is 5.07. The second-order valence-corrected chi connectivity index (χ2v) is 5.94. The van der Waals surface area contributed by atoms with Crippen molar-refractivity contribution >= 4 is 17.4 Å². The third kappa shape index (κ3) is 3.62. The number of hydrogen-bond acceptors (Lipinski definition) is 3. The molecule has 24 heavy (non-hydrogen) atoms. The summed E-state index contributed by atoms with van der Waals surface area (Å²) in [5, 5.41) is 2.97. The van der Waals surface area contributed by atoms with Crippen LogP contribution in [0.15, 0.2) is 48.5 Å². The van der Waals surface area contributed by atoms with Gasteiger partial charge in [-0.1, -0.05) is 24.3 Å². The predicted molar refractivity (Wildman–Crippen MR) is 97.0 cm³/mol. The fourth-order valence-electron chi connectivity index (χ4n) is 2.92. The van der Waals surface area contributed by atoms with Crippen molar-refractivity contribution in [2.24, 2.45) is 0 Å². The Morgan fingerprint density at radius 3 is 2.42 bits per heavy atom. The number of ether oxygens (including phenoxy) is 1. The van der Waals surface area contributed by atoms with Gasteiger partial charge in [-0.3, -0.25) is 0 Å². The van der Waals surface area contributed by atoms with Crippen LogP contribution in [0.4, 0.5) is 16.2 Å². The summed E-state index contributed by atoms with van der Waals surface area (Å²) >= 11 is 0. The number of nitrogens with one attached hydrogen (secondary N) is 1. The number of amides is 2. The van der Waals surface area contributed by atoms with Gasteiger partial charge in [-0.2, -0.15) is 0 Å². The van der Waals surface area contributed by atoms with Crippen LogP contribution < -0.4 is 15.0 Å². The van der Waals surface area contributed by atoms with Gasteiger partial charge in [0.15, 0.2) is 0 Å². The van der Waals surface area contributed by atoms with Gasteiger partial charge in [-0.25, -0.2) is 4.79 Å². The molecule has 0 aliphatic carbocycles. The van der Waals surface area contributed by atoms with Crippen molar-refractivity contribution in [3.8, 4) is 5.75 Å². The van der Waals surface area contributed by atoms with Gasteiger partial charge in [0.2, 0.25) is 0 Å². The summed E-state index contributed by atoms with van der Waals surface area (Å²) in [5.41, 5.74) is 3.01. The number of piperazine rings is 1. The molecule has 1 heterocycles. The Balaban J connectivity index is 1.61. The van der Waals surface area contributed by atoms with E-state index in [9.17, 15) is 4.79 Å². The molecule has 0 aromatic heterocycles. The van der Waals surface area contributed by atoms with E-state index in [0.717, 1.165) is 18.7 Å². The largest absolute Gasteiger partial charge is 0.495 e. The molecule has 3 rings (SSSR count). The second-order valence-electron chi connectivity index (χ2n) is 5.94. The molecule has 5 nitrogen and oxygen atoms in total. The number of anilines is 2. The lowest BCUT2D eigenvalue weighted by atomic mass is 10.2. The third-order valence-corrected chi connectivity index (χ3v) is 4.28. The minimum atomic E-state index is -0.0772. The maximum absolute atomic E-state index is 12.5. The molecule has 2 aromatic rings. The molecule has 0 bridgehead atoms. The van der Waals surface area contributed by atoms with Crippen LogP contribution in [0, 0.1) is 6.92 Å². The zero-order valence-electron chi connectivity index (χ0n) is 14.2. The molecule has 1 aliphatic heterocycles. The number of methoxy groups -OCH3 is 1. The standard InChI is InChI=1S/C19H23N3O2/c1-15-8-9-18(24-2)17(14-15)20-19(23)22-12-10-21(11-13-22)16-6-4-3-5-7-16/h3-9,14H,10-13H2,1-2H3,(H,20,23). The zero-order chi connectivity index (χ0) is 16.9. The van der Waals surface area contributed by atoms with E-state index in [1.165, 1.54) is 5.69 Å². The minimum Gasteiger partial charge on any atom is -0.495 e. The Morgan fingerprint density at radius 2 is 1.75 bits per heavy atom. The van der Waals surface area contributed by atoms with Crippen LogP contribution in [0.2, 0.25) is 0 Å². The molecule has 0 unspecified atom stereocenters. The lowest BCUT2D eigenvalue weighted by molar-refractivity contribution is 0.208. The monoisotopic (exact) mass is 325 g/mol. The number of para-hydroxylation sites is 1. The molecular weight excluding hydrogens is 302 g/mol. The smallest absolute Gasteiger partial charge is 0.322 e. The fourth-order valence-corrected chi connectivity index (χ4v) is 2.92. The summed E-state index contributed by atoms with van der Waals surface area (Å²) in [6.07, 6.45) is 0. The first-order chi connectivity index (χ1) is 11.7. The van der Waals surface area contributed by atoms with Gasteiger partial charge in [0.1, 0.15) is 5.75 Å². The van der Waals surface area contributed by atoms with Crippen molar-refractivity contribution in [2.75, 3.05) is 43.5 Å². The van der Waals surface area contributed by atoms with E-state index in [0.29, 0.717) is 24.5 Å². The first-order valence-electron chi connectivity index (χ1n) is 8.18. The number of carbonyl (C=O) groups is 1. The predicted octanol–water partition coefficient (Wildman–Crippen LogP) is 3.36. The molecule has 1 fully saturated rings. The molecule has 0 saturated carbocycles. The number of hydrogen-bond donors (Lipinski definition) is 1. The molecule has 1 saturated heterocycles. The third-order valence-electron chi connectivity index (χ3n) is 4.28. The van der Waals surface area contributed by atoms with Crippen molar-refractivity contribution in [3.63, 3.8) is 0 Å². The van der Waals surface area contributed by atoms with Crippen molar-refractivity contribution in [2.45, 2.75) is 6.92 Å². The molecular formula is C19H23N3O2. The van der Waals surface area contributed by atoms with E-state index < -0.39 is 0 Å². The van der Waals surface area contributed by atoms with Gasteiger partial charge in [0.25, 0.3) is 0 Å². The molecule has 5 heteroatoms. The van der Waals surface area contributed by atoms with Gasteiger partial charge in [0, 0.05) is 31.9 Å². The lowest BCUT2D eigenvalue weighted by Crippen LogP contribution is -2.50. The number of benzene rings is 2. The van der Waals surface area contributed by atoms with Gasteiger partial charge in [-0.15, -0.1) is 0 Å². The summed E-state index contributed by atoms with van der Waals surface area (Å²) in [7, 11) is 1.61. The molecule has 2 amide bonds. The van der Waals surface area contributed by atoms with Crippen molar-refractivity contribution in [3.05, 3.63) is 54.1 Å². The molecule has 2 aromatic carbocycles. The number of urea groups is 1. The van der Waals surface area contributed by atoms with E-state index in [2.05, 4.69) is 22.3 Å². The van der Waals surface area contributed by atoms with Crippen LogP contribution in [0.1, 0.15) is 5.56 Å². The SMILES string of the molecule is COc1ccc(C)cc1NC(=O)N1CCN(c2ccccc2)CC1. The van der Waals surface area contributed by atoms with Crippen LogP contribution in [0.25, 0.3) is 0 Å². The van der Waals surface area contributed by atoms with Crippen LogP contribution in [-0.2, 0) is 0 Å². The highest BCUT2D eigenvalue weighted by molar-refractivity contribution is 5.91. The number of carbonyl (C=O) groups excluding carboxylic acids is 1.